The summed E-state index contributed by atoms with van der Waals surface area (Å²) in [6.45, 7) is 2.89. The van der Waals surface area contributed by atoms with Crippen LogP contribution >= 0.6 is 0 Å². The predicted molar refractivity (Wildman–Crippen MR) is 254 cm³/mol. The van der Waals surface area contributed by atoms with Crippen LogP contribution in [0.4, 0.5) is 5.95 Å². The van der Waals surface area contributed by atoms with E-state index in [1.807, 2.05) is 0 Å². The number of carboxylic acids is 3. The van der Waals surface area contributed by atoms with E-state index in [2.05, 4.69) is 9.72 Å². The van der Waals surface area contributed by atoms with Crippen molar-refractivity contribution in [1.82, 2.24) is 9.55 Å². The average molecular weight is 1140 g/mol. The Kier molecular flexibility index (Phi) is 27.3. The lowest BCUT2D eigenvalue weighted by atomic mass is 9.95. The van der Waals surface area contributed by atoms with Gasteiger partial charge >= 0.3 is 66.6 Å². The average Bonchev–Trinajstić information content (AvgIpc) is 3.59. The molecule has 0 aliphatic carbocycles. The summed E-state index contributed by atoms with van der Waals surface area (Å²) in [5.41, 5.74) is -1.17. The third-order valence-electron chi connectivity index (χ3n) is 10.2. The van der Waals surface area contributed by atoms with Gasteiger partial charge in [0.1, 0.15) is 57.3 Å². The van der Waals surface area contributed by atoms with Crippen LogP contribution in [0.2, 0.25) is 0 Å². The van der Waals surface area contributed by atoms with Crippen LogP contribution in [0.5, 0.6) is 5.88 Å². The monoisotopic (exact) mass is 1140 g/mol. The fraction of sp³-hybridized carbons (Fsp3) is 0.702. The molecule has 7 atom stereocenters. The molecule has 1 heterocycles. The van der Waals surface area contributed by atoms with Crippen molar-refractivity contribution in [1.29, 1.82) is 0 Å². The van der Waals surface area contributed by atoms with Crippen LogP contribution in [0.25, 0.3) is 0 Å². The fourth-order valence-corrected chi connectivity index (χ4v) is 5.84. The predicted octanol–water partition coefficient (Wildman–Crippen LogP) is -6.29. The molecule has 0 saturated heterocycles. The van der Waals surface area contributed by atoms with Gasteiger partial charge in [0.05, 0.1) is 126 Å². The lowest BCUT2D eigenvalue weighted by Crippen LogP contribution is -2.56. The molecular formula is C47H74N6O26. The van der Waals surface area contributed by atoms with Gasteiger partial charge in [0.25, 0.3) is 0 Å². The van der Waals surface area contributed by atoms with Gasteiger partial charge in [-0.3, -0.25) is 24.0 Å². The van der Waals surface area contributed by atoms with Crippen LogP contribution in [0, 0.1) is 0 Å². The first-order chi connectivity index (χ1) is 36.2. The highest BCUT2D eigenvalue weighted by atomic mass is 16.7. The number of nitrogens with zero attached hydrogens (tertiary/aromatic N) is 5. The van der Waals surface area contributed by atoms with Crippen molar-refractivity contribution in [2.45, 2.75) is 102 Å². The van der Waals surface area contributed by atoms with E-state index in [1.165, 1.54) is 25.5 Å². The summed E-state index contributed by atoms with van der Waals surface area (Å²) in [4.78, 5) is 147. The highest BCUT2D eigenvalue weighted by molar-refractivity contribution is 5.93. The molecule has 0 radical (unpaired) electrons. The number of likely N-dealkylation sites (N-methyl/N-ethyl adjacent to an activating group) is 3. The minimum absolute atomic E-state index is 0.0167. The van der Waals surface area contributed by atoms with Crippen LogP contribution < -0.4 is 25.8 Å². The molecular weight excluding hydrogens is 1060 g/mol. The zero-order chi connectivity index (χ0) is 60.9. The molecule has 0 aliphatic heterocycles. The van der Waals surface area contributed by atoms with Crippen LogP contribution in [-0.2, 0) is 107 Å². The minimum atomic E-state index is -3.58. The van der Waals surface area contributed by atoms with Crippen molar-refractivity contribution in [3.05, 3.63) is 6.20 Å². The molecule has 0 saturated carbocycles. The Hall–Kier alpha value is -7.10. The van der Waals surface area contributed by atoms with Gasteiger partial charge in [0.2, 0.25) is 11.8 Å². The molecule has 0 fully saturated rings. The normalized spacial score (nSPS) is 15.2. The van der Waals surface area contributed by atoms with Crippen LogP contribution in [0.3, 0.4) is 0 Å². The lowest BCUT2D eigenvalue weighted by Gasteiger charge is -2.34. The number of rotatable bonds is 37. The number of carbonyl (C=O) groups is 11. The number of nitrogens with two attached hydrogens (primary N) is 1. The maximum absolute atomic E-state index is 14.0. The molecule has 0 bridgehead atoms. The molecule has 448 valence electrons. The minimum Gasteiger partial charge on any atom is -0.547 e. The summed E-state index contributed by atoms with van der Waals surface area (Å²) in [5.74, 6) is -20.1. The summed E-state index contributed by atoms with van der Waals surface area (Å²) >= 11 is 0. The molecule has 0 aromatic carbocycles. The highest BCUT2D eigenvalue weighted by Gasteiger charge is 2.47. The number of carboxylic acid groups (broad SMARTS) is 3. The number of carbonyl (C=O) groups excluding carboxylic acids is 11. The van der Waals surface area contributed by atoms with Crippen molar-refractivity contribution in [2.24, 2.45) is 7.05 Å². The largest absolute Gasteiger partial charge is 0.547 e. The van der Waals surface area contributed by atoms with Crippen molar-refractivity contribution in [3.63, 3.8) is 0 Å². The summed E-state index contributed by atoms with van der Waals surface area (Å²) in [6, 6.07) is 0. The van der Waals surface area contributed by atoms with Gasteiger partial charge in [-0.25, -0.2) is 14.4 Å². The van der Waals surface area contributed by atoms with E-state index in [-0.39, 0.29) is 54.2 Å². The summed E-state index contributed by atoms with van der Waals surface area (Å²) in [6.07, 6.45) is -16.9. The summed E-state index contributed by atoms with van der Waals surface area (Å²) < 4.78 is 58.6. The lowest BCUT2D eigenvalue weighted by molar-refractivity contribution is -0.870. The number of aliphatic hydroxyl groups is 1. The molecule has 0 aliphatic rings. The Morgan fingerprint density at radius 1 is 0.620 bits per heavy atom. The number of aliphatic carboxylic acids is 3. The first-order valence-electron chi connectivity index (χ1n) is 24.2. The van der Waals surface area contributed by atoms with E-state index in [4.69, 9.17) is 53.1 Å². The fourth-order valence-electron chi connectivity index (χ4n) is 5.84. The number of nitrogen functional groups attached to an aromatic ring is 1. The molecule has 0 spiro atoms. The number of aryl methyl sites for hydroxylation is 1. The van der Waals surface area contributed by atoms with Crippen LogP contribution in [-0.4, -0.2) is 246 Å². The van der Waals surface area contributed by atoms with Gasteiger partial charge in [-0.2, -0.15) is 4.98 Å². The van der Waals surface area contributed by atoms with Gasteiger partial charge in [-0.1, -0.05) is 6.92 Å². The van der Waals surface area contributed by atoms with E-state index in [9.17, 15) is 73.2 Å². The molecule has 1 rings (SSSR count). The SMILES string of the molecule is CCOC(=O)CC(O)(CC(=O)OC(OCC[N+](C)(C)C)C(=O)OC(CC(=O)Oc1cn(C)c(N)n1)(CC(=O)OC(OCC[N+](C)(C)C)C(=O)OC(C)CC(=O)OC(OCC[N+](C)(C)C)C(=O)OC(CC)C(=O)[O-])C(=O)[O-])C(=O)[O-]. The number of ether oxygens (including phenoxy) is 11. The van der Waals surface area contributed by atoms with E-state index in [1.54, 1.807) is 63.4 Å². The molecule has 3 N–H and O–H groups in total. The van der Waals surface area contributed by atoms with Crippen molar-refractivity contribution >= 4 is 71.6 Å². The molecule has 1 aromatic heterocycles. The Morgan fingerprint density at radius 3 is 1.46 bits per heavy atom. The summed E-state index contributed by atoms with van der Waals surface area (Å²) in [5, 5.41) is 47.3. The van der Waals surface area contributed by atoms with E-state index in [0.29, 0.717) is 4.48 Å². The molecule has 1 aromatic rings. The second kappa shape index (κ2) is 30.9. The Bertz CT molecular complexity index is 2280. The second-order valence-electron chi connectivity index (χ2n) is 20.8. The van der Waals surface area contributed by atoms with Gasteiger partial charge < -0.3 is 111 Å². The van der Waals surface area contributed by atoms with Crippen molar-refractivity contribution in [3.8, 4) is 5.88 Å². The van der Waals surface area contributed by atoms with Crippen LogP contribution in [0.1, 0.15) is 59.3 Å². The third kappa shape index (κ3) is 26.9. The second-order valence-corrected chi connectivity index (χ2v) is 20.8. The molecule has 0 amide bonds. The molecule has 7 unspecified atom stereocenters. The number of hydrogen-bond acceptors (Lipinski definition) is 28. The third-order valence-corrected chi connectivity index (χ3v) is 10.2. The van der Waals surface area contributed by atoms with Gasteiger partial charge in [-0.15, -0.1) is 0 Å². The first kappa shape index (κ1) is 69.9. The smallest absolute Gasteiger partial charge is 0.377 e. The van der Waals surface area contributed by atoms with Crippen molar-refractivity contribution in [2.75, 3.05) is 115 Å². The van der Waals surface area contributed by atoms with E-state index >= 15 is 0 Å². The maximum atomic E-state index is 14.0. The quantitative estimate of drug-likeness (QED) is 0.0271. The van der Waals surface area contributed by atoms with E-state index < -0.39 is 159 Å². The Labute approximate surface area is 455 Å². The summed E-state index contributed by atoms with van der Waals surface area (Å²) in [7, 11) is 16.8. The first-order valence-corrected chi connectivity index (χ1v) is 24.2. The van der Waals surface area contributed by atoms with Crippen molar-refractivity contribution < 1.29 is 139 Å². The Morgan fingerprint density at radius 2 is 1.05 bits per heavy atom. The number of imidazole rings is 1. The van der Waals surface area contributed by atoms with Crippen LogP contribution in [0.15, 0.2) is 6.20 Å². The topological polar surface area (TPSA) is 423 Å². The highest BCUT2D eigenvalue weighted by Crippen LogP contribution is 2.27. The zero-order valence-corrected chi connectivity index (χ0v) is 46.6. The molecule has 32 heteroatoms. The number of hydrogen-bond donors (Lipinski definition) is 2. The Balaban J connectivity index is 3.72. The maximum Gasteiger partial charge on any atom is 0.377 e. The van der Waals surface area contributed by atoms with E-state index in [0.717, 1.165) is 13.1 Å². The van der Waals surface area contributed by atoms with Gasteiger partial charge in [0.15, 0.2) is 5.60 Å². The van der Waals surface area contributed by atoms with Gasteiger partial charge in [0, 0.05) is 7.05 Å². The number of anilines is 1. The number of esters is 8. The zero-order valence-electron chi connectivity index (χ0n) is 46.6. The molecule has 79 heavy (non-hydrogen) atoms. The number of aromatic nitrogens is 2. The molecule has 32 nitrogen and oxygen atoms in total. The van der Waals surface area contributed by atoms with Gasteiger partial charge in [-0.05, 0) is 20.3 Å². The number of quaternary nitrogens is 3. The standard InChI is InChI=1S/C47H74N6O26/c1-14-29(36(59)60)74-38(62)41(71-20-17-52(8,9)10)76-31(54)22-28(3)73-37(61)40(70-19-16-51(5,6)7)78-35(58)26-47(44(66)67,25-34(57)75-30-27-50(4)45(48)49-30)79-39(63)42(72-21-18-53(11,12)13)77-33(56)24-46(68,43(64)65)23-32(55)69-15-2/h27-29,40-42,68H,14-26H2,1-13H3,(H2-3,48,49,59,60,64,65,66,67).